The Kier molecular flexibility index (Phi) is 2.99. The number of hydrogen-bond acceptors (Lipinski definition) is 4. The normalized spacial score (nSPS) is 10.8. The summed E-state index contributed by atoms with van der Waals surface area (Å²) in [7, 11) is 0. The van der Waals surface area contributed by atoms with Gasteiger partial charge in [-0.15, -0.1) is 5.10 Å². The van der Waals surface area contributed by atoms with E-state index >= 15 is 0 Å². The minimum Gasteiger partial charge on any atom is -0.368 e. The number of nitrogens with two attached hydrogens (primary N) is 1. The molecule has 3 N–H and O–H groups in total. The van der Waals surface area contributed by atoms with Gasteiger partial charge < -0.3 is 11.1 Å². The lowest BCUT2D eigenvalue weighted by Crippen LogP contribution is -2.11. The SMILES string of the molecule is Cc1ccccc1-n1nc(NC(C)C)nc1N. The largest absolute Gasteiger partial charge is 0.368 e. The summed E-state index contributed by atoms with van der Waals surface area (Å²) in [5, 5.41) is 7.48. The standard InChI is InChI=1S/C12H17N5/c1-8(2)14-12-15-11(13)17(16-12)10-7-5-4-6-9(10)3/h4-8H,1-3H3,(H3,13,14,15,16). The second-order valence-corrected chi connectivity index (χ2v) is 4.29. The molecule has 1 heterocycles. The highest BCUT2D eigenvalue weighted by molar-refractivity contribution is 5.46. The molecule has 0 aliphatic rings. The minimum absolute atomic E-state index is 0.280. The van der Waals surface area contributed by atoms with Crippen LogP contribution in [0.3, 0.4) is 0 Å². The molecule has 0 aliphatic heterocycles. The maximum absolute atomic E-state index is 5.87. The van der Waals surface area contributed by atoms with Crippen LogP contribution in [0.15, 0.2) is 24.3 Å². The summed E-state index contributed by atoms with van der Waals surface area (Å²) in [6.07, 6.45) is 0. The van der Waals surface area contributed by atoms with Gasteiger partial charge in [-0.1, -0.05) is 18.2 Å². The lowest BCUT2D eigenvalue weighted by molar-refractivity contribution is 0.846. The van der Waals surface area contributed by atoms with Crippen LogP contribution >= 0.6 is 0 Å². The van der Waals surface area contributed by atoms with Crippen molar-refractivity contribution < 1.29 is 0 Å². The van der Waals surface area contributed by atoms with Crippen LogP contribution in [0, 0.1) is 6.92 Å². The van der Waals surface area contributed by atoms with Crippen LogP contribution in [0.4, 0.5) is 11.9 Å². The minimum atomic E-state index is 0.280. The van der Waals surface area contributed by atoms with E-state index in [4.69, 9.17) is 5.73 Å². The van der Waals surface area contributed by atoms with Gasteiger partial charge in [-0.25, -0.2) is 0 Å². The van der Waals surface area contributed by atoms with E-state index in [2.05, 4.69) is 15.4 Å². The Labute approximate surface area is 101 Å². The number of para-hydroxylation sites is 1. The zero-order chi connectivity index (χ0) is 12.4. The topological polar surface area (TPSA) is 68.8 Å². The summed E-state index contributed by atoms with van der Waals surface area (Å²) in [6.45, 7) is 6.08. The summed E-state index contributed by atoms with van der Waals surface area (Å²) < 4.78 is 1.65. The van der Waals surface area contributed by atoms with E-state index in [1.165, 1.54) is 0 Å². The highest BCUT2D eigenvalue weighted by Gasteiger charge is 2.10. The molecule has 1 aromatic heterocycles. The van der Waals surface area contributed by atoms with Crippen LogP contribution in [0.1, 0.15) is 19.4 Å². The summed E-state index contributed by atoms with van der Waals surface area (Å²) in [6, 6.07) is 8.21. The second-order valence-electron chi connectivity index (χ2n) is 4.29. The molecule has 0 spiro atoms. The van der Waals surface area contributed by atoms with E-state index in [9.17, 15) is 0 Å². The molecule has 5 nitrogen and oxygen atoms in total. The third kappa shape index (κ3) is 2.38. The number of nitrogens with one attached hydrogen (secondary N) is 1. The van der Waals surface area contributed by atoms with E-state index in [0.29, 0.717) is 11.9 Å². The summed E-state index contributed by atoms with van der Waals surface area (Å²) in [5.41, 5.74) is 7.93. The maximum Gasteiger partial charge on any atom is 0.244 e. The third-order valence-corrected chi connectivity index (χ3v) is 2.39. The highest BCUT2D eigenvalue weighted by Crippen LogP contribution is 2.17. The van der Waals surface area contributed by atoms with Crippen LogP contribution in [0.2, 0.25) is 0 Å². The van der Waals surface area contributed by atoms with E-state index in [-0.39, 0.29) is 6.04 Å². The first kappa shape index (κ1) is 11.4. The quantitative estimate of drug-likeness (QED) is 0.847. The number of aromatic nitrogens is 3. The average Bonchev–Trinajstić information content (AvgIpc) is 2.59. The number of hydrogen-bond donors (Lipinski definition) is 2. The number of aryl methyl sites for hydroxylation is 1. The van der Waals surface area contributed by atoms with Crippen LogP contribution in [0.25, 0.3) is 5.69 Å². The summed E-state index contributed by atoms with van der Waals surface area (Å²) >= 11 is 0. The van der Waals surface area contributed by atoms with Crippen molar-refractivity contribution in [1.82, 2.24) is 14.8 Å². The first-order valence-corrected chi connectivity index (χ1v) is 5.63. The van der Waals surface area contributed by atoms with Crippen LogP contribution in [0.5, 0.6) is 0 Å². The van der Waals surface area contributed by atoms with Gasteiger partial charge in [-0.2, -0.15) is 9.67 Å². The van der Waals surface area contributed by atoms with Crippen molar-refractivity contribution in [2.45, 2.75) is 26.8 Å². The van der Waals surface area contributed by atoms with E-state index < -0.39 is 0 Å². The van der Waals surface area contributed by atoms with Crippen LogP contribution in [-0.2, 0) is 0 Å². The van der Waals surface area contributed by atoms with Crippen molar-refractivity contribution in [1.29, 1.82) is 0 Å². The smallest absolute Gasteiger partial charge is 0.244 e. The lowest BCUT2D eigenvalue weighted by Gasteiger charge is -2.06. The average molecular weight is 231 g/mol. The van der Waals surface area contributed by atoms with Gasteiger partial charge in [0, 0.05) is 6.04 Å². The fourth-order valence-corrected chi connectivity index (χ4v) is 1.62. The molecule has 0 fully saturated rings. The van der Waals surface area contributed by atoms with Gasteiger partial charge in [0.15, 0.2) is 0 Å². The first-order chi connectivity index (χ1) is 8.08. The lowest BCUT2D eigenvalue weighted by atomic mass is 10.2. The molecular weight excluding hydrogens is 214 g/mol. The van der Waals surface area contributed by atoms with Gasteiger partial charge >= 0.3 is 0 Å². The zero-order valence-electron chi connectivity index (χ0n) is 10.3. The summed E-state index contributed by atoms with van der Waals surface area (Å²) in [4.78, 5) is 4.19. The predicted molar refractivity (Wildman–Crippen MR) is 69.3 cm³/mol. The van der Waals surface area contributed by atoms with Crippen molar-refractivity contribution in [3.05, 3.63) is 29.8 Å². The number of anilines is 2. The zero-order valence-corrected chi connectivity index (χ0v) is 10.3. The molecule has 0 saturated carbocycles. The molecule has 0 radical (unpaired) electrons. The molecule has 2 aromatic rings. The number of nitrogen functional groups attached to an aromatic ring is 1. The Balaban J connectivity index is 2.40. The van der Waals surface area contributed by atoms with Crippen molar-refractivity contribution in [3.8, 4) is 5.69 Å². The summed E-state index contributed by atoms with van der Waals surface area (Å²) in [5.74, 6) is 0.947. The molecule has 1 aromatic carbocycles. The molecular formula is C12H17N5. The van der Waals surface area contributed by atoms with Gasteiger partial charge in [0.05, 0.1) is 5.69 Å². The molecule has 17 heavy (non-hydrogen) atoms. The molecule has 0 amide bonds. The van der Waals surface area contributed by atoms with Crippen molar-refractivity contribution in [2.24, 2.45) is 0 Å². The van der Waals surface area contributed by atoms with Crippen molar-refractivity contribution in [2.75, 3.05) is 11.1 Å². The van der Waals surface area contributed by atoms with Gasteiger partial charge in [0.1, 0.15) is 0 Å². The molecule has 5 heteroatoms. The van der Waals surface area contributed by atoms with Crippen LogP contribution in [-0.4, -0.2) is 20.8 Å². The Morgan fingerprint density at radius 3 is 2.65 bits per heavy atom. The molecule has 0 atom stereocenters. The third-order valence-electron chi connectivity index (χ3n) is 2.39. The molecule has 0 bridgehead atoms. The van der Waals surface area contributed by atoms with Crippen LogP contribution < -0.4 is 11.1 Å². The van der Waals surface area contributed by atoms with E-state index in [1.807, 2.05) is 45.0 Å². The second kappa shape index (κ2) is 4.45. The number of benzene rings is 1. The molecule has 0 saturated heterocycles. The van der Waals surface area contributed by atoms with Gasteiger partial charge in [-0.05, 0) is 32.4 Å². The number of rotatable bonds is 3. The van der Waals surface area contributed by atoms with Crippen molar-refractivity contribution >= 4 is 11.9 Å². The van der Waals surface area contributed by atoms with Gasteiger partial charge in [0.25, 0.3) is 0 Å². The van der Waals surface area contributed by atoms with Gasteiger partial charge in [0.2, 0.25) is 11.9 Å². The fourth-order valence-electron chi connectivity index (χ4n) is 1.62. The molecule has 2 rings (SSSR count). The fraction of sp³-hybridized carbons (Fsp3) is 0.333. The molecule has 0 aliphatic carbocycles. The Morgan fingerprint density at radius 2 is 2.00 bits per heavy atom. The maximum atomic E-state index is 5.87. The Morgan fingerprint density at radius 1 is 1.29 bits per heavy atom. The predicted octanol–water partition coefficient (Wildman–Crippen LogP) is 1.98. The molecule has 90 valence electrons. The monoisotopic (exact) mass is 231 g/mol. The number of nitrogens with zero attached hydrogens (tertiary/aromatic N) is 3. The molecule has 0 unspecified atom stereocenters. The van der Waals surface area contributed by atoms with E-state index in [1.54, 1.807) is 4.68 Å². The van der Waals surface area contributed by atoms with E-state index in [0.717, 1.165) is 11.3 Å². The Hall–Kier alpha value is -2.04. The van der Waals surface area contributed by atoms with Gasteiger partial charge in [-0.3, -0.25) is 0 Å². The van der Waals surface area contributed by atoms with Crippen molar-refractivity contribution in [3.63, 3.8) is 0 Å². The Bertz CT molecular complexity index is 515. The first-order valence-electron chi connectivity index (χ1n) is 5.63. The highest BCUT2D eigenvalue weighted by atomic mass is 15.4.